The number of para-hydroxylation sites is 3. The average Bonchev–Trinajstić information content (AvgIpc) is 3.55. The molecular weight excluding hydrogens is 568 g/mol. The van der Waals surface area contributed by atoms with Crippen LogP contribution in [0, 0.1) is 0 Å². The smallest absolute Gasteiger partial charge is 0.149 e. The minimum Gasteiger partial charge on any atom is -0.455 e. The Bertz CT molecular complexity index is 2040. The van der Waals surface area contributed by atoms with Crippen molar-refractivity contribution in [2.24, 2.45) is 0 Å². The van der Waals surface area contributed by atoms with Crippen LogP contribution in [-0.2, 0) is 0 Å². The van der Waals surface area contributed by atoms with Gasteiger partial charge in [0.15, 0.2) is 0 Å². The van der Waals surface area contributed by atoms with Crippen LogP contribution in [0.25, 0.3) is 61.2 Å². The second-order valence-corrected chi connectivity index (χ2v) is 12.3. The second-order valence-electron chi connectivity index (χ2n) is 11.4. The first-order chi connectivity index (χ1) is 19.9. The lowest BCUT2D eigenvalue weighted by Crippen LogP contribution is -2.09. The number of hydrogen-bond donors (Lipinski definition) is 0. The summed E-state index contributed by atoms with van der Waals surface area (Å²) < 4.78 is 10.2. The molecule has 0 fully saturated rings. The second kappa shape index (κ2) is 10.0. The number of rotatable bonds is 5. The van der Waals surface area contributed by atoms with Crippen LogP contribution < -0.4 is 0 Å². The molecule has 4 heteroatoms. The lowest BCUT2D eigenvalue weighted by molar-refractivity contribution is 0.669. The number of fused-ring (bicyclic) bond motifs is 4. The van der Waals surface area contributed by atoms with Crippen molar-refractivity contribution in [1.29, 1.82) is 0 Å². The third-order valence-electron chi connectivity index (χ3n) is 8.01. The zero-order valence-electron chi connectivity index (χ0n) is 23.7. The summed E-state index contributed by atoms with van der Waals surface area (Å²) in [5, 5.41) is 2.21. The number of halogens is 1. The van der Waals surface area contributed by atoms with E-state index in [4.69, 9.17) is 9.40 Å². The van der Waals surface area contributed by atoms with Gasteiger partial charge >= 0.3 is 0 Å². The van der Waals surface area contributed by atoms with Crippen LogP contribution >= 0.6 is 15.9 Å². The Morgan fingerprint density at radius 2 is 1.39 bits per heavy atom. The number of aromatic nitrogens is 2. The van der Waals surface area contributed by atoms with E-state index in [-0.39, 0.29) is 0 Å². The maximum atomic E-state index is 6.70. The zero-order chi connectivity index (χ0) is 28.2. The number of furan rings is 1. The van der Waals surface area contributed by atoms with Gasteiger partial charge in [0, 0.05) is 15.2 Å². The fourth-order valence-electron chi connectivity index (χ4n) is 6.00. The van der Waals surface area contributed by atoms with Gasteiger partial charge < -0.3 is 4.42 Å². The molecule has 0 saturated heterocycles. The average molecular weight is 600 g/mol. The Morgan fingerprint density at radius 3 is 2.12 bits per heavy atom. The van der Waals surface area contributed by atoms with Crippen molar-refractivity contribution in [3.63, 3.8) is 0 Å². The molecule has 202 valence electrons. The Morgan fingerprint density at radius 1 is 0.683 bits per heavy atom. The van der Waals surface area contributed by atoms with Gasteiger partial charge in [-0.2, -0.15) is 0 Å². The standard InChI is InChI=1S/C37H31BrN2O/c1-22(2)30-20-26(38)21-31(23(3)4)35(30)40-33-16-9-8-15-32(33)39-37(40)29-14-10-13-28-27-18-17-25(19-34(27)41-36(28)29)24-11-6-5-7-12-24/h5-23H,1-4H3. The van der Waals surface area contributed by atoms with E-state index < -0.39 is 0 Å². The highest BCUT2D eigenvalue weighted by atomic mass is 79.9. The molecule has 5 aromatic carbocycles. The first-order valence-electron chi connectivity index (χ1n) is 14.2. The van der Waals surface area contributed by atoms with E-state index in [2.05, 4.69) is 145 Å². The summed E-state index contributed by atoms with van der Waals surface area (Å²) in [5.41, 5.74) is 10.9. The van der Waals surface area contributed by atoms with Gasteiger partial charge in [-0.15, -0.1) is 0 Å². The monoisotopic (exact) mass is 598 g/mol. The molecule has 0 aliphatic carbocycles. The summed E-state index contributed by atoms with van der Waals surface area (Å²) in [6.45, 7) is 9.05. The summed E-state index contributed by atoms with van der Waals surface area (Å²) in [4.78, 5) is 5.26. The van der Waals surface area contributed by atoms with Crippen molar-refractivity contribution in [2.75, 3.05) is 0 Å². The fraction of sp³-hybridized carbons (Fsp3) is 0.162. The molecule has 0 N–H and O–H groups in total. The van der Waals surface area contributed by atoms with Crippen LogP contribution in [0.2, 0.25) is 0 Å². The number of imidazole rings is 1. The Balaban J connectivity index is 1.54. The van der Waals surface area contributed by atoms with E-state index >= 15 is 0 Å². The number of benzene rings is 5. The lowest BCUT2D eigenvalue weighted by Gasteiger charge is -2.23. The van der Waals surface area contributed by atoms with E-state index in [1.54, 1.807) is 0 Å². The minimum atomic E-state index is 0.326. The van der Waals surface area contributed by atoms with E-state index in [9.17, 15) is 0 Å². The molecular formula is C37H31BrN2O. The first kappa shape index (κ1) is 25.8. The molecule has 0 radical (unpaired) electrons. The maximum absolute atomic E-state index is 6.70. The van der Waals surface area contributed by atoms with Crippen molar-refractivity contribution < 1.29 is 4.42 Å². The van der Waals surface area contributed by atoms with Crippen molar-refractivity contribution in [2.45, 2.75) is 39.5 Å². The van der Waals surface area contributed by atoms with Gasteiger partial charge in [-0.25, -0.2) is 4.98 Å². The fourth-order valence-corrected chi connectivity index (χ4v) is 6.49. The summed E-state index contributed by atoms with van der Waals surface area (Å²) in [6, 6.07) is 36.3. The third kappa shape index (κ3) is 4.29. The van der Waals surface area contributed by atoms with E-state index in [0.717, 1.165) is 54.4 Å². The highest BCUT2D eigenvalue weighted by Crippen LogP contribution is 2.42. The van der Waals surface area contributed by atoms with Gasteiger partial charge in [0.05, 0.1) is 22.3 Å². The Hall–Kier alpha value is -4.15. The van der Waals surface area contributed by atoms with Gasteiger partial charge in [0.25, 0.3) is 0 Å². The Labute approximate surface area is 248 Å². The highest BCUT2D eigenvalue weighted by Gasteiger charge is 2.25. The number of hydrogen-bond acceptors (Lipinski definition) is 2. The molecule has 0 bridgehead atoms. The number of nitrogens with zero attached hydrogens (tertiary/aromatic N) is 2. The Kier molecular flexibility index (Phi) is 6.32. The SMILES string of the molecule is CC(C)c1cc(Br)cc(C(C)C)c1-n1c(-c2cccc3c2oc2cc(-c4ccccc4)ccc23)nc2ccccc21. The molecule has 2 aromatic heterocycles. The molecule has 0 aliphatic heterocycles. The van der Waals surface area contributed by atoms with Gasteiger partial charge in [-0.05, 0) is 76.6 Å². The van der Waals surface area contributed by atoms with Crippen LogP contribution in [0.3, 0.4) is 0 Å². The van der Waals surface area contributed by atoms with Crippen LogP contribution in [0.1, 0.15) is 50.7 Å². The molecule has 0 spiro atoms. The van der Waals surface area contributed by atoms with E-state index in [1.165, 1.54) is 22.4 Å². The molecule has 2 heterocycles. The summed E-state index contributed by atoms with van der Waals surface area (Å²) in [5.74, 6) is 1.55. The lowest BCUT2D eigenvalue weighted by atomic mass is 9.92. The quantitative estimate of drug-likeness (QED) is 0.197. The van der Waals surface area contributed by atoms with Gasteiger partial charge in [0.1, 0.15) is 17.0 Å². The summed E-state index contributed by atoms with van der Waals surface area (Å²) >= 11 is 3.80. The summed E-state index contributed by atoms with van der Waals surface area (Å²) in [7, 11) is 0. The largest absolute Gasteiger partial charge is 0.455 e. The van der Waals surface area contributed by atoms with Crippen LogP contribution in [0.15, 0.2) is 112 Å². The summed E-state index contributed by atoms with van der Waals surface area (Å²) in [6.07, 6.45) is 0. The predicted octanol–water partition coefficient (Wildman–Crippen LogP) is 11.3. The third-order valence-corrected chi connectivity index (χ3v) is 8.47. The molecule has 0 unspecified atom stereocenters. The highest BCUT2D eigenvalue weighted by molar-refractivity contribution is 9.10. The molecule has 41 heavy (non-hydrogen) atoms. The molecule has 0 aliphatic rings. The van der Waals surface area contributed by atoms with Gasteiger partial charge in [-0.3, -0.25) is 4.57 Å². The van der Waals surface area contributed by atoms with Gasteiger partial charge in [-0.1, -0.05) is 104 Å². The molecule has 0 saturated carbocycles. The minimum absolute atomic E-state index is 0.326. The van der Waals surface area contributed by atoms with Crippen molar-refractivity contribution >= 4 is 48.9 Å². The molecule has 7 rings (SSSR count). The van der Waals surface area contributed by atoms with Crippen LogP contribution in [0.4, 0.5) is 0 Å². The van der Waals surface area contributed by atoms with E-state index in [0.29, 0.717) is 11.8 Å². The van der Waals surface area contributed by atoms with Gasteiger partial charge in [0.2, 0.25) is 0 Å². The predicted molar refractivity (Wildman–Crippen MR) is 175 cm³/mol. The normalized spacial score (nSPS) is 12.0. The van der Waals surface area contributed by atoms with E-state index in [1.807, 2.05) is 6.07 Å². The molecule has 3 nitrogen and oxygen atoms in total. The topological polar surface area (TPSA) is 31.0 Å². The maximum Gasteiger partial charge on any atom is 0.149 e. The molecule has 7 aromatic rings. The van der Waals surface area contributed by atoms with Crippen molar-refractivity contribution in [3.05, 3.63) is 119 Å². The van der Waals surface area contributed by atoms with Crippen LogP contribution in [0.5, 0.6) is 0 Å². The van der Waals surface area contributed by atoms with Crippen LogP contribution in [-0.4, -0.2) is 9.55 Å². The van der Waals surface area contributed by atoms with Crippen molar-refractivity contribution in [3.8, 4) is 28.2 Å². The van der Waals surface area contributed by atoms with Crippen molar-refractivity contribution in [1.82, 2.24) is 9.55 Å². The molecule has 0 amide bonds. The first-order valence-corrected chi connectivity index (χ1v) is 15.0. The zero-order valence-corrected chi connectivity index (χ0v) is 25.2. The molecule has 0 atom stereocenters.